The first-order valence-electron chi connectivity index (χ1n) is 8.08. The van der Waals surface area contributed by atoms with Crippen molar-refractivity contribution in [2.45, 2.75) is 25.8 Å². The number of methoxy groups -OCH3 is 1. The Hall–Kier alpha value is -1.51. The van der Waals surface area contributed by atoms with Crippen LogP contribution >= 0.6 is 11.6 Å². The largest absolute Gasteiger partial charge is 0.496 e. The Kier molecular flexibility index (Phi) is 6.18. The van der Waals surface area contributed by atoms with Crippen molar-refractivity contribution in [3.05, 3.63) is 22.7 Å². The van der Waals surface area contributed by atoms with Crippen molar-refractivity contribution in [3.8, 4) is 5.75 Å². The Balaban J connectivity index is 2.13. The van der Waals surface area contributed by atoms with Gasteiger partial charge in [-0.3, -0.25) is 4.79 Å². The van der Waals surface area contributed by atoms with Gasteiger partial charge in [-0.2, -0.15) is 4.31 Å². The normalized spacial score (nSPS) is 16.3. The molecule has 140 valence electrons. The van der Waals surface area contributed by atoms with Crippen LogP contribution in [0.5, 0.6) is 5.75 Å². The van der Waals surface area contributed by atoms with Gasteiger partial charge in [-0.05, 0) is 18.9 Å². The summed E-state index contributed by atoms with van der Waals surface area (Å²) in [5.41, 5.74) is 6.46. The molecule has 0 saturated carbocycles. The standard InChI is InChI=1S/C16H24ClN3O4S/c1-4-20(25(3,22)23)11-5-7-19(8-6-11)16(21)12-9-13(17)14(18)10-15(12)24-2/h9-11H,4-8,18H2,1-3H3. The first kappa shape index (κ1) is 19.8. The van der Waals surface area contributed by atoms with Crippen LogP contribution in [0.1, 0.15) is 30.1 Å². The van der Waals surface area contributed by atoms with Crippen LogP contribution in [0.15, 0.2) is 12.1 Å². The minimum Gasteiger partial charge on any atom is -0.496 e. The molecule has 0 radical (unpaired) electrons. The highest BCUT2D eigenvalue weighted by atomic mass is 35.5. The number of nitrogens with two attached hydrogens (primary N) is 1. The number of anilines is 1. The summed E-state index contributed by atoms with van der Waals surface area (Å²) < 4.78 is 30.4. The van der Waals surface area contributed by atoms with Crippen molar-refractivity contribution in [2.75, 3.05) is 38.7 Å². The lowest BCUT2D eigenvalue weighted by Crippen LogP contribution is -2.48. The molecule has 1 heterocycles. The highest BCUT2D eigenvalue weighted by Gasteiger charge is 2.31. The van der Waals surface area contributed by atoms with Gasteiger partial charge in [-0.1, -0.05) is 18.5 Å². The second-order valence-electron chi connectivity index (χ2n) is 6.06. The molecule has 1 aliphatic rings. The molecule has 2 rings (SSSR count). The third-order valence-electron chi connectivity index (χ3n) is 4.45. The SMILES string of the molecule is CCN(C1CCN(C(=O)c2cc(Cl)c(N)cc2OC)CC1)S(C)(=O)=O. The molecule has 0 aliphatic carbocycles. The summed E-state index contributed by atoms with van der Waals surface area (Å²) in [6.45, 7) is 3.19. The number of nitrogens with zero attached hydrogens (tertiary/aromatic N) is 2. The van der Waals surface area contributed by atoms with Gasteiger partial charge in [0.05, 0.1) is 29.6 Å². The average molecular weight is 390 g/mol. The van der Waals surface area contributed by atoms with Crippen LogP contribution in [0.25, 0.3) is 0 Å². The second-order valence-corrected chi connectivity index (χ2v) is 8.41. The molecule has 9 heteroatoms. The monoisotopic (exact) mass is 389 g/mol. The van der Waals surface area contributed by atoms with Gasteiger partial charge in [0.25, 0.3) is 5.91 Å². The van der Waals surface area contributed by atoms with Crippen LogP contribution in [0, 0.1) is 0 Å². The van der Waals surface area contributed by atoms with Crippen LogP contribution in [-0.2, 0) is 10.0 Å². The zero-order chi connectivity index (χ0) is 18.8. The lowest BCUT2D eigenvalue weighted by Gasteiger charge is -2.37. The summed E-state index contributed by atoms with van der Waals surface area (Å²) in [6.07, 6.45) is 2.41. The molecule has 1 aromatic carbocycles. The number of rotatable bonds is 5. The number of carbonyl (C=O) groups excluding carboxylic acids is 1. The highest BCUT2D eigenvalue weighted by molar-refractivity contribution is 7.88. The Morgan fingerprint density at radius 2 is 2.00 bits per heavy atom. The summed E-state index contributed by atoms with van der Waals surface area (Å²) >= 11 is 6.03. The second kappa shape index (κ2) is 7.80. The van der Waals surface area contributed by atoms with Crippen LogP contribution < -0.4 is 10.5 Å². The zero-order valence-electron chi connectivity index (χ0n) is 14.7. The number of hydrogen-bond acceptors (Lipinski definition) is 5. The molecule has 25 heavy (non-hydrogen) atoms. The number of sulfonamides is 1. The summed E-state index contributed by atoms with van der Waals surface area (Å²) in [5.74, 6) is 0.181. The van der Waals surface area contributed by atoms with E-state index in [-0.39, 0.29) is 11.9 Å². The number of hydrogen-bond donors (Lipinski definition) is 1. The number of amides is 1. The fraction of sp³-hybridized carbons (Fsp3) is 0.562. The molecule has 1 fully saturated rings. The number of carbonyl (C=O) groups is 1. The molecular weight excluding hydrogens is 366 g/mol. The Labute approximate surface area is 153 Å². The van der Waals surface area contributed by atoms with E-state index >= 15 is 0 Å². The van der Waals surface area contributed by atoms with Crippen LogP contribution in [-0.4, -0.2) is 62.6 Å². The average Bonchev–Trinajstić information content (AvgIpc) is 2.56. The molecule has 7 nitrogen and oxygen atoms in total. The molecule has 1 saturated heterocycles. The summed E-state index contributed by atoms with van der Waals surface area (Å²) in [4.78, 5) is 14.5. The first-order valence-corrected chi connectivity index (χ1v) is 10.3. The van der Waals surface area contributed by atoms with Gasteiger partial charge in [-0.25, -0.2) is 8.42 Å². The molecule has 0 bridgehead atoms. The number of nitrogen functional groups attached to an aromatic ring is 1. The molecule has 0 unspecified atom stereocenters. The van der Waals surface area contributed by atoms with Crippen LogP contribution in [0.2, 0.25) is 5.02 Å². The van der Waals surface area contributed by atoms with E-state index in [1.807, 2.05) is 6.92 Å². The highest BCUT2D eigenvalue weighted by Crippen LogP contribution is 2.30. The number of halogens is 1. The smallest absolute Gasteiger partial charge is 0.257 e. The van der Waals surface area contributed by atoms with Crippen molar-refractivity contribution in [3.63, 3.8) is 0 Å². The molecule has 0 spiro atoms. The number of likely N-dealkylation sites (tertiary alicyclic amines) is 1. The first-order chi connectivity index (χ1) is 11.7. The molecule has 1 aromatic rings. The van der Waals surface area contributed by atoms with Crippen molar-refractivity contribution >= 4 is 33.2 Å². The van der Waals surface area contributed by atoms with Gasteiger partial charge in [0.1, 0.15) is 5.75 Å². The Morgan fingerprint density at radius 3 is 2.48 bits per heavy atom. The molecule has 2 N–H and O–H groups in total. The van der Waals surface area contributed by atoms with E-state index in [1.54, 1.807) is 4.90 Å². The maximum atomic E-state index is 12.8. The van der Waals surface area contributed by atoms with Crippen LogP contribution in [0.4, 0.5) is 5.69 Å². The van der Waals surface area contributed by atoms with Gasteiger partial charge in [0, 0.05) is 31.7 Å². The number of ether oxygens (including phenoxy) is 1. The molecular formula is C16H24ClN3O4S. The van der Waals surface area contributed by atoms with Gasteiger partial charge in [0.15, 0.2) is 0 Å². The van der Waals surface area contributed by atoms with Gasteiger partial charge in [0.2, 0.25) is 10.0 Å². The van der Waals surface area contributed by atoms with E-state index in [1.165, 1.54) is 29.8 Å². The van der Waals surface area contributed by atoms with Gasteiger partial charge < -0.3 is 15.4 Å². The van der Waals surface area contributed by atoms with Crippen molar-refractivity contribution in [1.29, 1.82) is 0 Å². The van der Waals surface area contributed by atoms with Crippen molar-refractivity contribution in [2.24, 2.45) is 0 Å². The van der Waals surface area contributed by atoms with Gasteiger partial charge in [-0.15, -0.1) is 0 Å². The number of benzene rings is 1. The predicted octanol–water partition coefficient (Wildman–Crippen LogP) is 1.82. The van der Waals surface area contributed by atoms with E-state index in [9.17, 15) is 13.2 Å². The summed E-state index contributed by atoms with van der Waals surface area (Å²) in [6, 6.07) is 2.96. The summed E-state index contributed by atoms with van der Waals surface area (Å²) in [7, 11) is -1.78. The molecule has 0 aromatic heterocycles. The third kappa shape index (κ3) is 4.37. The lowest BCUT2D eigenvalue weighted by atomic mass is 10.0. The number of piperidine rings is 1. The minimum absolute atomic E-state index is 0.0825. The van der Waals surface area contributed by atoms with E-state index in [0.29, 0.717) is 54.5 Å². The van der Waals surface area contributed by atoms with E-state index in [2.05, 4.69) is 0 Å². The molecule has 1 amide bonds. The Morgan fingerprint density at radius 1 is 1.40 bits per heavy atom. The van der Waals surface area contributed by atoms with Crippen LogP contribution in [0.3, 0.4) is 0 Å². The topological polar surface area (TPSA) is 92.9 Å². The summed E-state index contributed by atoms with van der Waals surface area (Å²) in [5, 5.41) is 0.299. The van der Waals surface area contributed by atoms with E-state index in [4.69, 9.17) is 22.1 Å². The quantitative estimate of drug-likeness (QED) is 0.775. The van der Waals surface area contributed by atoms with Gasteiger partial charge >= 0.3 is 0 Å². The maximum Gasteiger partial charge on any atom is 0.257 e. The predicted molar refractivity (Wildman–Crippen MR) is 98.6 cm³/mol. The minimum atomic E-state index is -3.25. The van der Waals surface area contributed by atoms with Crippen molar-refractivity contribution < 1.29 is 17.9 Å². The molecule has 0 atom stereocenters. The fourth-order valence-electron chi connectivity index (χ4n) is 3.20. The van der Waals surface area contributed by atoms with E-state index < -0.39 is 10.0 Å². The maximum absolute atomic E-state index is 12.8. The third-order valence-corrected chi connectivity index (χ3v) is 6.18. The van der Waals surface area contributed by atoms with Crippen molar-refractivity contribution in [1.82, 2.24) is 9.21 Å². The Bertz CT molecular complexity index is 746. The fourth-order valence-corrected chi connectivity index (χ4v) is 4.58. The lowest BCUT2D eigenvalue weighted by molar-refractivity contribution is 0.0677. The zero-order valence-corrected chi connectivity index (χ0v) is 16.2. The van der Waals surface area contributed by atoms with E-state index in [0.717, 1.165) is 0 Å². The molecule has 1 aliphatic heterocycles.